The predicted octanol–water partition coefficient (Wildman–Crippen LogP) is 4.15. The molecule has 0 spiro atoms. The lowest BCUT2D eigenvalue weighted by atomic mass is 10.0. The van der Waals surface area contributed by atoms with Crippen LogP contribution in [-0.4, -0.2) is 8.07 Å². The molecule has 0 N–H and O–H groups in total. The summed E-state index contributed by atoms with van der Waals surface area (Å²) >= 11 is 0. The zero-order valence-corrected chi connectivity index (χ0v) is 14.6. The molecule has 0 atom stereocenters. The molecule has 0 fully saturated rings. The number of rotatable bonds is 4. The van der Waals surface area contributed by atoms with E-state index in [-0.39, 0.29) is 0 Å². The van der Waals surface area contributed by atoms with Gasteiger partial charge in [-0.3, -0.25) is 0 Å². The molecular weight excluding hydrogens is 280 g/mol. The third kappa shape index (κ3) is 2.50. The second-order valence-corrected chi connectivity index (χ2v) is 10.3. The molecule has 0 saturated heterocycles. The van der Waals surface area contributed by atoms with Crippen LogP contribution in [0.5, 0.6) is 0 Å². The van der Waals surface area contributed by atoms with Gasteiger partial charge in [0.05, 0.1) is 0 Å². The Morgan fingerprint density at radius 3 is 1.73 bits per heavy atom. The van der Waals surface area contributed by atoms with Crippen LogP contribution in [0.2, 0.25) is 6.55 Å². The second kappa shape index (κ2) is 6.10. The standard InChI is InChI=1S/C21H23Si/c1-17(2)20-15-10-16-21(20)22(3,18-11-6-4-7-12-18)19-13-8-5-9-14-19/h4-17H,1-3H3. The number of hydrogen-bond donors (Lipinski definition) is 0. The van der Waals surface area contributed by atoms with Gasteiger partial charge in [-0.25, -0.2) is 0 Å². The molecule has 0 bridgehead atoms. The van der Waals surface area contributed by atoms with Crippen LogP contribution in [0.4, 0.5) is 0 Å². The summed E-state index contributed by atoms with van der Waals surface area (Å²) in [7, 11) is -1.93. The van der Waals surface area contributed by atoms with Crippen molar-refractivity contribution in [2.75, 3.05) is 0 Å². The van der Waals surface area contributed by atoms with Gasteiger partial charge in [0.15, 0.2) is 0 Å². The first-order valence-corrected chi connectivity index (χ1v) is 10.5. The summed E-state index contributed by atoms with van der Waals surface area (Å²) in [6.07, 6.45) is 6.88. The molecule has 3 rings (SSSR count). The van der Waals surface area contributed by atoms with Crippen LogP contribution in [-0.2, 0) is 0 Å². The van der Waals surface area contributed by atoms with Crippen molar-refractivity contribution in [3.8, 4) is 0 Å². The Labute approximate surface area is 135 Å². The molecule has 0 amide bonds. The Hall–Kier alpha value is -1.86. The van der Waals surface area contributed by atoms with Crippen molar-refractivity contribution in [3.05, 3.63) is 90.0 Å². The number of allylic oxidation sites excluding steroid dienone is 4. The number of benzene rings is 2. The van der Waals surface area contributed by atoms with Gasteiger partial charge in [-0.05, 0) is 5.92 Å². The van der Waals surface area contributed by atoms with Gasteiger partial charge in [-0.1, -0.05) is 115 Å². The van der Waals surface area contributed by atoms with Gasteiger partial charge in [0.1, 0.15) is 8.07 Å². The smallest absolute Gasteiger partial charge is 0.0753 e. The first-order chi connectivity index (χ1) is 10.6. The molecule has 0 saturated carbocycles. The molecule has 2 aromatic carbocycles. The molecule has 0 heterocycles. The topological polar surface area (TPSA) is 0 Å². The summed E-state index contributed by atoms with van der Waals surface area (Å²) < 4.78 is 0. The fraction of sp³-hybridized carbons (Fsp3) is 0.190. The van der Waals surface area contributed by atoms with Crippen molar-refractivity contribution < 1.29 is 0 Å². The summed E-state index contributed by atoms with van der Waals surface area (Å²) in [5.41, 5.74) is 3.06. The third-order valence-corrected chi connectivity index (χ3v) is 9.22. The maximum atomic E-state index is 2.48. The molecule has 0 aliphatic heterocycles. The van der Waals surface area contributed by atoms with Crippen LogP contribution in [0.15, 0.2) is 84.5 Å². The molecule has 22 heavy (non-hydrogen) atoms. The Bertz CT molecular complexity index is 641. The average molecular weight is 304 g/mol. The summed E-state index contributed by atoms with van der Waals surface area (Å²) in [5.74, 6) is 0.559. The summed E-state index contributed by atoms with van der Waals surface area (Å²) in [6.45, 7) is 7.08. The molecule has 0 unspecified atom stereocenters. The number of hydrogen-bond acceptors (Lipinski definition) is 0. The average Bonchev–Trinajstić information content (AvgIpc) is 3.06. The van der Waals surface area contributed by atoms with Gasteiger partial charge >= 0.3 is 0 Å². The Morgan fingerprint density at radius 2 is 1.27 bits per heavy atom. The summed E-state index contributed by atoms with van der Waals surface area (Å²) in [4.78, 5) is 0. The zero-order chi connectivity index (χ0) is 15.6. The van der Waals surface area contributed by atoms with E-state index in [0.717, 1.165) is 0 Å². The van der Waals surface area contributed by atoms with E-state index in [1.165, 1.54) is 15.9 Å². The molecule has 2 aromatic rings. The van der Waals surface area contributed by atoms with Crippen molar-refractivity contribution in [2.24, 2.45) is 5.92 Å². The van der Waals surface area contributed by atoms with Gasteiger partial charge < -0.3 is 0 Å². The van der Waals surface area contributed by atoms with Gasteiger partial charge in [0.25, 0.3) is 0 Å². The minimum atomic E-state index is -1.93. The van der Waals surface area contributed by atoms with E-state index in [0.29, 0.717) is 5.92 Å². The molecule has 111 valence electrons. The fourth-order valence-corrected chi connectivity index (χ4v) is 7.47. The van der Waals surface area contributed by atoms with Crippen molar-refractivity contribution in [1.82, 2.24) is 0 Å². The molecule has 1 aliphatic rings. The minimum Gasteiger partial charge on any atom is -0.0753 e. The lowest BCUT2D eigenvalue weighted by molar-refractivity contribution is 0.777. The van der Waals surface area contributed by atoms with E-state index in [9.17, 15) is 0 Å². The van der Waals surface area contributed by atoms with Gasteiger partial charge in [0, 0.05) is 5.54 Å². The first kappa shape index (κ1) is 15.0. The molecular formula is C21H23Si. The van der Waals surface area contributed by atoms with E-state index >= 15 is 0 Å². The van der Waals surface area contributed by atoms with Gasteiger partial charge in [-0.15, -0.1) is 0 Å². The quantitative estimate of drug-likeness (QED) is 0.745. The fourth-order valence-electron chi connectivity index (χ4n) is 3.41. The molecule has 0 nitrogen and oxygen atoms in total. The monoisotopic (exact) mass is 303 g/mol. The highest BCUT2D eigenvalue weighted by Gasteiger charge is 2.42. The van der Waals surface area contributed by atoms with Crippen molar-refractivity contribution in [2.45, 2.75) is 20.4 Å². The van der Waals surface area contributed by atoms with Crippen LogP contribution in [0, 0.1) is 11.5 Å². The highest BCUT2D eigenvalue weighted by Crippen LogP contribution is 2.35. The van der Waals surface area contributed by atoms with Crippen LogP contribution >= 0.6 is 0 Å². The highest BCUT2D eigenvalue weighted by atomic mass is 28.3. The van der Waals surface area contributed by atoms with E-state index in [2.05, 4.69) is 99.3 Å². The SMILES string of the molecule is CC(C)C1=CC=C[C]1[Si](C)(c1ccccc1)c1ccccc1. The highest BCUT2D eigenvalue weighted by molar-refractivity contribution is 7.06. The van der Waals surface area contributed by atoms with Crippen LogP contribution in [0.3, 0.4) is 0 Å². The first-order valence-electron chi connectivity index (χ1n) is 8.01. The van der Waals surface area contributed by atoms with Crippen molar-refractivity contribution >= 4 is 18.4 Å². The Kier molecular flexibility index (Phi) is 4.17. The Morgan fingerprint density at radius 1 is 0.773 bits per heavy atom. The summed E-state index contributed by atoms with van der Waals surface area (Å²) in [5, 5.41) is 2.96. The van der Waals surface area contributed by atoms with Crippen molar-refractivity contribution in [1.29, 1.82) is 0 Å². The lowest BCUT2D eigenvalue weighted by Crippen LogP contribution is -2.60. The van der Waals surface area contributed by atoms with E-state index < -0.39 is 8.07 Å². The molecule has 0 aromatic heterocycles. The molecule has 1 radical (unpaired) electrons. The second-order valence-electron chi connectivity index (χ2n) is 6.41. The van der Waals surface area contributed by atoms with Crippen molar-refractivity contribution in [3.63, 3.8) is 0 Å². The maximum Gasteiger partial charge on any atom is 0.129 e. The normalized spacial score (nSPS) is 15.4. The maximum absolute atomic E-state index is 2.48. The van der Waals surface area contributed by atoms with Crippen LogP contribution in [0.1, 0.15) is 13.8 Å². The van der Waals surface area contributed by atoms with E-state index in [1.54, 1.807) is 5.54 Å². The zero-order valence-electron chi connectivity index (χ0n) is 13.6. The van der Waals surface area contributed by atoms with Crippen LogP contribution in [0.25, 0.3) is 0 Å². The lowest BCUT2D eigenvalue weighted by Gasteiger charge is -2.36. The molecule has 1 heteroatoms. The van der Waals surface area contributed by atoms with Crippen LogP contribution < -0.4 is 10.4 Å². The minimum absolute atomic E-state index is 0.559. The largest absolute Gasteiger partial charge is 0.129 e. The van der Waals surface area contributed by atoms with E-state index in [1.807, 2.05) is 0 Å². The third-order valence-electron chi connectivity index (χ3n) is 4.71. The Balaban J connectivity index is 2.17. The molecule has 1 aliphatic carbocycles. The van der Waals surface area contributed by atoms with Gasteiger partial charge in [0.2, 0.25) is 0 Å². The van der Waals surface area contributed by atoms with E-state index in [4.69, 9.17) is 0 Å². The van der Waals surface area contributed by atoms with Gasteiger partial charge in [-0.2, -0.15) is 0 Å². The summed E-state index contributed by atoms with van der Waals surface area (Å²) in [6, 6.07) is 22.1. The predicted molar refractivity (Wildman–Crippen MR) is 99.1 cm³/mol.